The Balaban J connectivity index is 0. The second-order valence-electron chi connectivity index (χ2n) is 3.83. The summed E-state index contributed by atoms with van der Waals surface area (Å²) in [6, 6.07) is 0. The molecule has 0 bridgehead atoms. The van der Waals surface area contributed by atoms with Crippen molar-refractivity contribution in [3.63, 3.8) is 0 Å². The van der Waals surface area contributed by atoms with E-state index in [-0.39, 0.29) is 30.3 Å². The van der Waals surface area contributed by atoms with Gasteiger partial charge in [-0.05, 0) is 20.8 Å². The molecule has 0 aromatic heterocycles. The van der Waals surface area contributed by atoms with Crippen molar-refractivity contribution in [1.29, 1.82) is 0 Å². The molecule has 0 aliphatic heterocycles. The van der Waals surface area contributed by atoms with Crippen LogP contribution in [0.25, 0.3) is 0 Å². The highest BCUT2D eigenvalue weighted by atomic mass is 32.2. The van der Waals surface area contributed by atoms with Crippen LogP contribution < -0.4 is 5.11 Å². The summed E-state index contributed by atoms with van der Waals surface area (Å²) in [5.74, 6) is 0. The first kappa shape index (κ1) is 22.3. The largest absolute Gasteiger partial charge is 0.597 e. The van der Waals surface area contributed by atoms with Gasteiger partial charge in [0.2, 0.25) is 0 Å². The topological polar surface area (TPSA) is 139 Å². The molecule has 0 aromatic carbocycles. The number of nitrogens with zero attached hydrogens (tertiary/aromatic N) is 2. The number of hydrogen-bond donors (Lipinski definition) is 3. The Kier molecular flexibility index (Phi) is 12.4. The number of quaternary nitrogens is 1. The molecule has 0 unspecified atom stereocenters. The molecule has 0 radical (unpaired) electrons. The van der Waals surface area contributed by atoms with E-state index in [1.807, 2.05) is 0 Å². The fourth-order valence-electron chi connectivity index (χ4n) is 1.50. The lowest BCUT2D eigenvalue weighted by atomic mass is 10.5. The van der Waals surface area contributed by atoms with Crippen LogP contribution in [0.2, 0.25) is 0 Å². The van der Waals surface area contributed by atoms with Crippen molar-refractivity contribution in [3.05, 3.63) is 0 Å². The molecule has 0 heterocycles. The first-order valence-electron chi connectivity index (χ1n) is 6.64. The van der Waals surface area contributed by atoms with Crippen LogP contribution in [0.4, 0.5) is 0 Å². The van der Waals surface area contributed by atoms with E-state index in [9.17, 15) is 13.5 Å². The van der Waals surface area contributed by atoms with E-state index in [1.54, 1.807) is 20.8 Å². The van der Waals surface area contributed by atoms with E-state index in [4.69, 9.17) is 15.3 Å². The second-order valence-corrected chi connectivity index (χ2v) is 5.68. The summed E-state index contributed by atoms with van der Waals surface area (Å²) in [4.78, 5) is 0. The second kappa shape index (κ2) is 11.7. The van der Waals surface area contributed by atoms with Crippen molar-refractivity contribution in [3.8, 4) is 0 Å². The molecular weight excluding hydrogens is 304 g/mol. The maximum absolute atomic E-state index is 12.0. The Morgan fingerprint density at radius 2 is 1.48 bits per heavy atom. The number of hydrogen-bond acceptors (Lipinski definition) is 7. The molecule has 0 amide bonds. The Morgan fingerprint density at radius 3 is 1.76 bits per heavy atom. The van der Waals surface area contributed by atoms with Gasteiger partial charge in [-0.15, -0.1) is 8.42 Å². The Bertz CT molecular complexity index is 370. The van der Waals surface area contributed by atoms with E-state index < -0.39 is 16.3 Å². The Hall–Kier alpha value is -0.940. The standard InChI is InChI=1S/C9H20N2O5S.C2H6O2/c1-4-11(5-2,6-3)17(14,15)10-9(13)16-8-7-12;3-1-2-4/h12H,4-8H2,1-3H3;3-4H,1-2H2. The van der Waals surface area contributed by atoms with Crippen molar-refractivity contribution in [2.75, 3.05) is 46.1 Å². The Labute approximate surface area is 125 Å². The van der Waals surface area contributed by atoms with Gasteiger partial charge in [0.05, 0.1) is 39.5 Å². The van der Waals surface area contributed by atoms with Crippen LogP contribution in [-0.2, 0) is 14.9 Å². The lowest BCUT2D eigenvalue weighted by molar-refractivity contribution is -0.800. The predicted molar refractivity (Wildman–Crippen MR) is 75.4 cm³/mol. The zero-order valence-corrected chi connectivity index (χ0v) is 13.5. The predicted octanol–water partition coefficient (Wildman–Crippen LogP) is -2.20. The molecular formula is C11H26N2O7S. The van der Waals surface area contributed by atoms with Gasteiger partial charge in [0, 0.05) is 6.61 Å². The highest BCUT2D eigenvalue weighted by molar-refractivity contribution is 7.84. The van der Waals surface area contributed by atoms with Gasteiger partial charge in [0.25, 0.3) is 0 Å². The van der Waals surface area contributed by atoms with Crippen LogP contribution in [0.3, 0.4) is 0 Å². The molecule has 128 valence electrons. The molecule has 9 nitrogen and oxygen atoms in total. The molecule has 21 heavy (non-hydrogen) atoms. The highest BCUT2D eigenvalue weighted by Gasteiger charge is 2.37. The summed E-state index contributed by atoms with van der Waals surface area (Å²) < 4.78 is 31.1. The molecule has 10 heteroatoms. The van der Waals surface area contributed by atoms with Crippen LogP contribution in [0.15, 0.2) is 4.40 Å². The number of aliphatic hydroxyl groups is 3. The van der Waals surface area contributed by atoms with Crippen molar-refractivity contribution in [2.24, 2.45) is 4.40 Å². The van der Waals surface area contributed by atoms with Crippen LogP contribution in [0, 0.1) is 0 Å². The average Bonchev–Trinajstić information content (AvgIpc) is 2.47. The molecule has 0 saturated heterocycles. The summed E-state index contributed by atoms with van der Waals surface area (Å²) in [5, 5.41) is 34.8. The van der Waals surface area contributed by atoms with Crippen molar-refractivity contribution >= 4 is 16.3 Å². The van der Waals surface area contributed by atoms with Gasteiger partial charge in [-0.3, -0.25) is 0 Å². The van der Waals surface area contributed by atoms with Gasteiger partial charge in [0.1, 0.15) is 0 Å². The molecule has 0 aromatic rings. The number of ether oxygens (including phenoxy) is 1. The minimum absolute atomic E-state index is 0.125. The smallest absolute Gasteiger partial charge is 0.416 e. The maximum Gasteiger partial charge on any atom is 0.416 e. The maximum atomic E-state index is 12.0. The molecule has 0 aliphatic carbocycles. The SMILES string of the molecule is CC[N+](CC)(CC)S(=O)(=O)/N=C(\[O-])OCCO.OCCO. The van der Waals surface area contributed by atoms with E-state index >= 15 is 0 Å². The summed E-state index contributed by atoms with van der Waals surface area (Å²) in [5.41, 5.74) is 0. The summed E-state index contributed by atoms with van der Waals surface area (Å²) in [7, 11) is -3.96. The molecule has 0 atom stereocenters. The van der Waals surface area contributed by atoms with Gasteiger partial charge < -0.3 is 25.2 Å². The van der Waals surface area contributed by atoms with Gasteiger partial charge in [-0.25, -0.2) is 0 Å². The first-order valence-corrected chi connectivity index (χ1v) is 8.03. The van der Waals surface area contributed by atoms with Crippen LogP contribution in [0.1, 0.15) is 20.8 Å². The average molecular weight is 330 g/mol. The molecule has 0 fully saturated rings. The zero-order valence-electron chi connectivity index (χ0n) is 12.7. The van der Waals surface area contributed by atoms with Crippen molar-refractivity contribution in [1.82, 2.24) is 0 Å². The summed E-state index contributed by atoms with van der Waals surface area (Å²) in [6.07, 6.45) is -1.18. The monoisotopic (exact) mass is 330 g/mol. The lowest BCUT2D eigenvalue weighted by Crippen LogP contribution is -2.51. The van der Waals surface area contributed by atoms with E-state index in [1.165, 1.54) is 0 Å². The normalized spacial score (nSPS) is 12.6. The first-order chi connectivity index (χ1) is 9.80. The number of aliphatic hydroxyl groups excluding tert-OH is 3. The van der Waals surface area contributed by atoms with Crippen LogP contribution >= 0.6 is 0 Å². The summed E-state index contributed by atoms with van der Waals surface area (Å²) >= 11 is 0. The van der Waals surface area contributed by atoms with E-state index in [0.717, 1.165) is 0 Å². The zero-order chi connectivity index (χ0) is 16.9. The van der Waals surface area contributed by atoms with Crippen LogP contribution in [-0.4, -0.2) is 79.8 Å². The molecule has 3 N–H and O–H groups in total. The van der Waals surface area contributed by atoms with Crippen molar-refractivity contribution < 1.29 is 37.5 Å². The van der Waals surface area contributed by atoms with Gasteiger partial charge >= 0.3 is 10.2 Å². The van der Waals surface area contributed by atoms with E-state index in [2.05, 4.69) is 9.13 Å². The molecule has 0 aliphatic rings. The fourth-order valence-corrected chi connectivity index (χ4v) is 2.89. The van der Waals surface area contributed by atoms with Gasteiger partial charge in [-0.1, -0.05) is 4.40 Å². The fraction of sp³-hybridized carbons (Fsp3) is 0.909. The minimum Gasteiger partial charge on any atom is -0.597 e. The van der Waals surface area contributed by atoms with E-state index in [0.29, 0.717) is 19.6 Å². The molecule has 0 spiro atoms. The molecule has 0 rings (SSSR count). The lowest BCUT2D eigenvalue weighted by Gasteiger charge is -2.31. The van der Waals surface area contributed by atoms with Crippen molar-refractivity contribution in [2.45, 2.75) is 20.8 Å². The quantitative estimate of drug-likeness (QED) is 0.261. The third-order valence-corrected chi connectivity index (χ3v) is 4.96. The van der Waals surface area contributed by atoms with Gasteiger partial charge in [0.15, 0.2) is 6.08 Å². The summed E-state index contributed by atoms with van der Waals surface area (Å²) in [6.45, 7) is 5.26. The van der Waals surface area contributed by atoms with Crippen LogP contribution in [0.5, 0.6) is 0 Å². The van der Waals surface area contributed by atoms with Gasteiger partial charge in [-0.2, -0.15) is 3.89 Å². The third-order valence-electron chi connectivity index (χ3n) is 2.83. The molecule has 0 saturated carbocycles. The number of rotatable bonds is 8. The highest BCUT2D eigenvalue weighted by Crippen LogP contribution is 2.16. The third kappa shape index (κ3) is 7.58. The Morgan fingerprint density at radius 1 is 1.05 bits per heavy atom. The minimum atomic E-state index is -3.96.